The number of hydrogen-bond donors (Lipinski definition) is 2. The van der Waals surface area contributed by atoms with E-state index in [2.05, 4.69) is 12.2 Å². The third-order valence-corrected chi connectivity index (χ3v) is 5.05. The van der Waals surface area contributed by atoms with E-state index in [4.69, 9.17) is 15.2 Å². The lowest BCUT2D eigenvalue weighted by Crippen LogP contribution is -2.43. The number of carbonyl (C=O) groups excluding carboxylic acids is 3. The van der Waals surface area contributed by atoms with Crippen molar-refractivity contribution >= 4 is 23.5 Å². The van der Waals surface area contributed by atoms with E-state index in [0.717, 1.165) is 22.0 Å². The van der Waals surface area contributed by atoms with E-state index in [1.165, 1.54) is 7.05 Å². The molecule has 0 atom stereocenters. The fraction of sp³-hybridized carbons (Fsp3) is 0.458. The van der Waals surface area contributed by atoms with Crippen molar-refractivity contribution in [3.8, 4) is 5.75 Å². The van der Waals surface area contributed by atoms with Gasteiger partial charge in [0.05, 0.1) is 6.61 Å². The molecule has 11 nitrogen and oxygen atoms in total. The van der Waals surface area contributed by atoms with Gasteiger partial charge in [0.15, 0.2) is 6.61 Å². The average Bonchev–Trinajstić information content (AvgIpc) is 2.83. The number of hydrogen-bond acceptors (Lipinski definition) is 8. The largest absolute Gasteiger partial charge is 0.494 e. The van der Waals surface area contributed by atoms with Gasteiger partial charge >= 0.3 is 11.7 Å². The van der Waals surface area contributed by atoms with Crippen molar-refractivity contribution in [2.24, 2.45) is 13.0 Å². The summed E-state index contributed by atoms with van der Waals surface area (Å²) in [5, 5.41) is 2.40. The SMILES string of the molecule is CCCCOc1ccc(C(=O)NCC(=O)OCC(=O)c2c(N)n(CC(C)C)c(=O)n(C)c2=O)cc1. The number of unbranched alkanes of at least 4 members (excludes halogenated alkanes) is 1. The minimum absolute atomic E-state index is 0.0293. The summed E-state index contributed by atoms with van der Waals surface area (Å²) < 4.78 is 12.4. The number of nitrogen functional groups attached to an aromatic ring is 1. The van der Waals surface area contributed by atoms with Gasteiger partial charge in [0, 0.05) is 19.2 Å². The summed E-state index contributed by atoms with van der Waals surface area (Å²) in [6, 6.07) is 6.45. The number of carbonyl (C=O) groups is 3. The normalized spacial score (nSPS) is 10.8. The maximum absolute atomic E-state index is 12.6. The first-order valence-electron chi connectivity index (χ1n) is 11.4. The van der Waals surface area contributed by atoms with Gasteiger partial charge < -0.3 is 20.5 Å². The molecular formula is C24H32N4O7. The Morgan fingerprint density at radius 3 is 2.37 bits per heavy atom. The molecule has 0 unspecified atom stereocenters. The number of aromatic nitrogens is 2. The number of benzene rings is 1. The van der Waals surface area contributed by atoms with Crippen molar-refractivity contribution in [1.29, 1.82) is 0 Å². The van der Waals surface area contributed by atoms with Crippen LogP contribution in [-0.2, 0) is 23.1 Å². The molecule has 1 heterocycles. The molecule has 0 aliphatic heterocycles. The van der Waals surface area contributed by atoms with Gasteiger partial charge in [-0.25, -0.2) is 4.79 Å². The highest BCUT2D eigenvalue weighted by Crippen LogP contribution is 2.13. The fourth-order valence-corrected chi connectivity index (χ4v) is 3.15. The van der Waals surface area contributed by atoms with Gasteiger partial charge in [-0.05, 0) is 36.6 Å². The second-order valence-corrected chi connectivity index (χ2v) is 8.40. The topological polar surface area (TPSA) is 152 Å². The van der Waals surface area contributed by atoms with E-state index >= 15 is 0 Å². The highest BCUT2D eigenvalue weighted by atomic mass is 16.5. The van der Waals surface area contributed by atoms with Crippen molar-refractivity contribution in [3.05, 3.63) is 56.2 Å². The van der Waals surface area contributed by atoms with Gasteiger partial charge in [-0.1, -0.05) is 27.2 Å². The molecule has 0 saturated carbocycles. The van der Waals surface area contributed by atoms with Crippen molar-refractivity contribution < 1.29 is 23.9 Å². The summed E-state index contributed by atoms with van der Waals surface area (Å²) in [5.74, 6) is -1.84. The number of rotatable bonds is 12. The number of ether oxygens (including phenoxy) is 2. The minimum Gasteiger partial charge on any atom is -0.494 e. The Balaban J connectivity index is 1.95. The molecule has 0 saturated heterocycles. The molecule has 2 rings (SSSR count). The number of nitrogens with one attached hydrogen (secondary N) is 1. The predicted molar refractivity (Wildman–Crippen MR) is 130 cm³/mol. The van der Waals surface area contributed by atoms with E-state index < -0.39 is 47.6 Å². The Kier molecular flexibility index (Phi) is 9.80. The highest BCUT2D eigenvalue weighted by molar-refractivity contribution is 6.01. The van der Waals surface area contributed by atoms with Crippen LogP contribution in [0.2, 0.25) is 0 Å². The number of nitrogens with zero attached hydrogens (tertiary/aromatic N) is 2. The fourth-order valence-electron chi connectivity index (χ4n) is 3.15. The Morgan fingerprint density at radius 1 is 1.11 bits per heavy atom. The summed E-state index contributed by atoms with van der Waals surface area (Å²) >= 11 is 0. The molecule has 1 amide bonds. The van der Waals surface area contributed by atoms with Crippen molar-refractivity contribution in [1.82, 2.24) is 14.5 Å². The number of ketones is 1. The molecule has 1 aromatic heterocycles. The zero-order valence-corrected chi connectivity index (χ0v) is 20.5. The van der Waals surface area contributed by atoms with Crippen LogP contribution in [0, 0.1) is 5.92 Å². The molecule has 190 valence electrons. The zero-order valence-electron chi connectivity index (χ0n) is 20.5. The van der Waals surface area contributed by atoms with Gasteiger partial charge in [-0.3, -0.25) is 28.3 Å². The molecule has 0 aliphatic carbocycles. The van der Waals surface area contributed by atoms with Crippen LogP contribution in [0.15, 0.2) is 33.9 Å². The minimum atomic E-state index is -0.878. The lowest BCUT2D eigenvalue weighted by molar-refractivity contribution is -0.141. The molecule has 3 N–H and O–H groups in total. The zero-order chi connectivity index (χ0) is 26.1. The van der Waals surface area contributed by atoms with E-state index in [0.29, 0.717) is 17.9 Å². The Hall–Kier alpha value is -3.89. The third kappa shape index (κ3) is 7.29. The van der Waals surface area contributed by atoms with Crippen molar-refractivity contribution in [3.63, 3.8) is 0 Å². The maximum atomic E-state index is 12.6. The first kappa shape index (κ1) is 27.4. The maximum Gasteiger partial charge on any atom is 0.332 e. The summed E-state index contributed by atoms with van der Waals surface area (Å²) in [7, 11) is 1.24. The second kappa shape index (κ2) is 12.5. The summed E-state index contributed by atoms with van der Waals surface area (Å²) in [6.45, 7) is 5.30. The summed E-state index contributed by atoms with van der Waals surface area (Å²) in [6.07, 6.45) is 1.94. The number of Topliss-reactive ketones (excluding diaryl/α,β-unsaturated/α-hetero) is 1. The molecule has 0 spiro atoms. The Bertz CT molecular complexity index is 1180. The molecular weight excluding hydrogens is 456 g/mol. The van der Waals surface area contributed by atoms with E-state index in [-0.39, 0.29) is 18.3 Å². The van der Waals surface area contributed by atoms with Crippen molar-refractivity contribution in [2.75, 3.05) is 25.5 Å². The van der Waals surface area contributed by atoms with E-state index in [9.17, 15) is 24.0 Å². The molecule has 0 bridgehead atoms. The Labute approximate surface area is 202 Å². The lowest BCUT2D eigenvalue weighted by atomic mass is 10.1. The molecule has 0 fully saturated rings. The number of anilines is 1. The van der Waals surface area contributed by atoms with Crippen LogP contribution < -0.4 is 27.0 Å². The van der Waals surface area contributed by atoms with Gasteiger partial charge in [-0.2, -0.15) is 0 Å². The van der Waals surface area contributed by atoms with Crippen LogP contribution in [-0.4, -0.2) is 46.6 Å². The van der Waals surface area contributed by atoms with Crippen LogP contribution in [0.5, 0.6) is 5.75 Å². The monoisotopic (exact) mass is 488 g/mol. The first-order chi connectivity index (χ1) is 16.6. The summed E-state index contributed by atoms with van der Waals surface area (Å²) in [5.41, 5.74) is 4.32. The Morgan fingerprint density at radius 2 is 1.77 bits per heavy atom. The van der Waals surface area contributed by atoms with Gasteiger partial charge in [0.1, 0.15) is 23.7 Å². The molecule has 0 radical (unpaired) electrons. The van der Waals surface area contributed by atoms with Crippen molar-refractivity contribution in [2.45, 2.75) is 40.2 Å². The van der Waals surface area contributed by atoms with Crippen LogP contribution >= 0.6 is 0 Å². The van der Waals surface area contributed by atoms with Crippen LogP contribution in [0.3, 0.4) is 0 Å². The highest BCUT2D eigenvalue weighted by Gasteiger charge is 2.23. The van der Waals surface area contributed by atoms with Crippen LogP contribution in [0.25, 0.3) is 0 Å². The third-order valence-electron chi connectivity index (χ3n) is 5.05. The van der Waals surface area contributed by atoms with E-state index in [1.54, 1.807) is 24.3 Å². The number of nitrogens with two attached hydrogens (primary N) is 1. The molecule has 35 heavy (non-hydrogen) atoms. The summed E-state index contributed by atoms with van der Waals surface area (Å²) in [4.78, 5) is 61.7. The molecule has 1 aromatic carbocycles. The van der Waals surface area contributed by atoms with Gasteiger partial charge in [0.2, 0.25) is 5.78 Å². The lowest BCUT2D eigenvalue weighted by Gasteiger charge is -2.16. The molecule has 2 aromatic rings. The molecule has 0 aliphatic rings. The van der Waals surface area contributed by atoms with Crippen LogP contribution in [0.4, 0.5) is 5.82 Å². The smallest absolute Gasteiger partial charge is 0.332 e. The van der Waals surface area contributed by atoms with E-state index in [1.807, 2.05) is 13.8 Å². The average molecular weight is 489 g/mol. The first-order valence-corrected chi connectivity index (χ1v) is 11.4. The number of esters is 1. The number of amides is 1. The molecule has 11 heteroatoms. The quantitative estimate of drug-likeness (QED) is 0.256. The van der Waals surface area contributed by atoms with Gasteiger partial charge in [0.25, 0.3) is 11.5 Å². The van der Waals surface area contributed by atoms with Crippen LogP contribution in [0.1, 0.15) is 54.3 Å². The second-order valence-electron chi connectivity index (χ2n) is 8.40. The predicted octanol–water partition coefficient (Wildman–Crippen LogP) is 1.12. The standard InChI is InChI=1S/C24H32N4O7/c1-5-6-11-34-17-9-7-16(8-10-17)22(31)26-12-19(30)35-14-18(29)20-21(25)28(13-15(2)3)24(33)27(4)23(20)32/h7-10,15H,5-6,11-14,25H2,1-4H3,(H,26,31). The van der Waals surface area contributed by atoms with Gasteiger partial charge in [-0.15, -0.1) is 0 Å².